The highest BCUT2D eigenvalue weighted by molar-refractivity contribution is 6.09. The van der Waals surface area contributed by atoms with E-state index in [1.165, 1.54) is 21.5 Å². The van der Waals surface area contributed by atoms with Crippen LogP contribution in [0.2, 0.25) is 0 Å². The molecular formula is C72H49N3. The molecule has 0 radical (unpaired) electrons. The molecule has 10 aromatic carbocycles. The fraction of sp³-hybridized carbons (Fsp3) is 0.0139. The number of hydrogen-bond acceptors (Lipinski definition) is 3. The molecule has 0 aliphatic carbocycles. The lowest BCUT2D eigenvalue weighted by atomic mass is 9.84. The third kappa shape index (κ3) is 8.88. The van der Waals surface area contributed by atoms with Crippen LogP contribution in [-0.2, 0) is 0 Å². The van der Waals surface area contributed by atoms with Crippen LogP contribution in [0.1, 0.15) is 5.56 Å². The van der Waals surface area contributed by atoms with E-state index in [2.05, 4.69) is 253 Å². The molecular weight excluding hydrogens is 907 g/mol. The van der Waals surface area contributed by atoms with Gasteiger partial charge in [-0.15, -0.1) is 0 Å². The van der Waals surface area contributed by atoms with Crippen molar-refractivity contribution in [3.63, 3.8) is 0 Å². The van der Waals surface area contributed by atoms with Crippen LogP contribution < -0.4 is 0 Å². The maximum absolute atomic E-state index is 4.90. The summed E-state index contributed by atoms with van der Waals surface area (Å²) in [5.41, 5.74) is 23.3. The topological polar surface area (TPSA) is 38.7 Å². The fourth-order valence-corrected chi connectivity index (χ4v) is 10.7. The largest absolute Gasteiger partial charge is 0.256 e. The Morgan fingerprint density at radius 1 is 0.227 bits per heavy atom. The highest BCUT2D eigenvalue weighted by Crippen LogP contribution is 2.45. The van der Waals surface area contributed by atoms with Gasteiger partial charge in [-0.05, 0) is 173 Å². The molecule has 0 saturated heterocycles. The number of fused-ring (bicyclic) bond motifs is 3. The molecule has 0 aliphatic rings. The number of rotatable bonds is 10. The molecule has 3 heteroatoms. The number of hydrogen-bond donors (Lipinski definition) is 0. The Kier molecular flexibility index (Phi) is 11.8. The molecule has 0 aliphatic heterocycles. The summed E-state index contributed by atoms with van der Waals surface area (Å²) in [7, 11) is 0. The van der Waals surface area contributed by atoms with E-state index in [0.29, 0.717) is 0 Å². The van der Waals surface area contributed by atoms with Crippen molar-refractivity contribution in [2.75, 3.05) is 0 Å². The van der Waals surface area contributed by atoms with Gasteiger partial charge in [0, 0.05) is 35.3 Å². The maximum Gasteiger partial charge on any atom is 0.0702 e. The Bertz CT molecular complexity index is 4060. The minimum atomic E-state index is 0.945. The molecule has 0 amide bonds. The third-order valence-electron chi connectivity index (χ3n) is 14.5. The van der Waals surface area contributed by atoms with Crippen molar-refractivity contribution < 1.29 is 0 Å². The van der Waals surface area contributed by atoms with E-state index in [1.54, 1.807) is 0 Å². The average Bonchev–Trinajstić information content (AvgIpc) is 3.49. The standard InChI is InChI=1S/C72H49N3/c1-48-24-39-72(75-47-48)56-36-38-68(69(46-56)55-35-37-66-54(42-55)34-29-49-14-2-3-15-60(49)66)67-21-9-8-20-65(67)59-44-57(63-18-6-4-16-61(63)50-25-30-52(31-26-50)70-22-10-12-40-73-70)43-58(45-59)64-19-7-5-17-62(64)51-27-32-53(33-28-51)71-23-11-13-41-74-71/h2-47H,1H3. The molecule has 75 heavy (non-hydrogen) atoms. The lowest BCUT2D eigenvalue weighted by molar-refractivity contribution is 1.27. The summed E-state index contributed by atoms with van der Waals surface area (Å²) in [4.78, 5) is 14.2. The second-order valence-corrected chi connectivity index (χ2v) is 19.2. The van der Waals surface area contributed by atoms with Crippen LogP contribution in [0, 0.1) is 6.92 Å². The molecule has 0 unspecified atom stereocenters. The van der Waals surface area contributed by atoms with E-state index in [0.717, 1.165) is 117 Å². The van der Waals surface area contributed by atoms with Gasteiger partial charge in [0.25, 0.3) is 0 Å². The van der Waals surface area contributed by atoms with Crippen molar-refractivity contribution in [3.8, 4) is 112 Å². The van der Waals surface area contributed by atoms with Gasteiger partial charge >= 0.3 is 0 Å². The third-order valence-corrected chi connectivity index (χ3v) is 14.5. The summed E-state index contributed by atoms with van der Waals surface area (Å²) < 4.78 is 0. The quantitative estimate of drug-likeness (QED) is 0.128. The number of aromatic nitrogens is 3. The Labute approximate surface area is 437 Å². The first kappa shape index (κ1) is 45.1. The highest BCUT2D eigenvalue weighted by atomic mass is 14.7. The molecule has 0 saturated carbocycles. The molecule has 3 heterocycles. The summed E-state index contributed by atoms with van der Waals surface area (Å²) in [5, 5.41) is 4.94. The zero-order valence-corrected chi connectivity index (χ0v) is 41.4. The predicted octanol–water partition coefficient (Wildman–Crippen LogP) is 19.2. The summed E-state index contributed by atoms with van der Waals surface area (Å²) in [5.74, 6) is 0. The molecule has 3 aromatic heterocycles. The van der Waals surface area contributed by atoms with Gasteiger partial charge in [0.1, 0.15) is 0 Å². The first-order chi connectivity index (χ1) is 37.1. The van der Waals surface area contributed by atoms with E-state index in [-0.39, 0.29) is 0 Å². The zero-order valence-electron chi connectivity index (χ0n) is 41.4. The Hall–Kier alpha value is -9.83. The van der Waals surface area contributed by atoms with Crippen LogP contribution in [0.4, 0.5) is 0 Å². The van der Waals surface area contributed by atoms with Crippen LogP contribution in [0.25, 0.3) is 133 Å². The van der Waals surface area contributed by atoms with Crippen molar-refractivity contribution in [1.29, 1.82) is 0 Å². The van der Waals surface area contributed by atoms with Crippen LogP contribution in [0.3, 0.4) is 0 Å². The smallest absolute Gasteiger partial charge is 0.0702 e. The molecule has 3 nitrogen and oxygen atoms in total. The fourth-order valence-electron chi connectivity index (χ4n) is 10.7. The van der Waals surface area contributed by atoms with Gasteiger partial charge in [0.05, 0.1) is 17.1 Å². The van der Waals surface area contributed by atoms with E-state index in [1.807, 2.05) is 42.9 Å². The van der Waals surface area contributed by atoms with Crippen molar-refractivity contribution >= 4 is 21.5 Å². The van der Waals surface area contributed by atoms with E-state index < -0.39 is 0 Å². The second-order valence-electron chi connectivity index (χ2n) is 19.2. The molecule has 0 fully saturated rings. The van der Waals surface area contributed by atoms with Gasteiger partial charge in [-0.1, -0.05) is 200 Å². The highest BCUT2D eigenvalue weighted by Gasteiger charge is 2.19. The number of aryl methyl sites for hydroxylation is 1. The number of nitrogens with zero attached hydrogens (tertiary/aromatic N) is 3. The summed E-state index contributed by atoms with van der Waals surface area (Å²) >= 11 is 0. The first-order valence-electron chi connectivity index (χ1n) is 25.5. The number of pyridine rings is 3. The second kappa shape index (κ2) is 19.6. The lowest BCUT2D eigenvalue weighted by Gasteiger charge is -2.19. The summed E-state index contributed by atoms with van der Waals surface area (Å²) in [6.45, 7) is 2.08. The molecule has 0 N–H and O–H groups in total. The predicted molar refractivity (Wildman–Crippen MR) is 314 cm³/mol. The normalized spacial score (nSPS) is 11.3. The maximum atomic E-state index is 4.90. The van der Waals surface area contributed by atoms with Crippen molar-refractivity contribution in [2.24, 2.45) is 0 Å². The van der Waals surface area contributed by atoms with Gasteiger partial charge < -0.3 is 0 Å². The molecule has 0 atom stereocenters. The lowest BCUT2D eigenvalue weighted by Crippen LogP contribution is -1.94. The van der Waals surface area contributed by atoms with Gasteiger partial charge in [0.15, 0.2) is 0 Å². The summed E-state index contributed by atoms with van der Waals surface area (Å²) in [6.07, 6.45) is 5.65. The molecule has 0 spiro atoms. The minimum Gasteiger partial charge on any atom is -0.256 e. The number of benzene rings is 10. The van der Waals surface area contributed by atoms with Gasteiger partial charge in [-0.3, -0.25) is 15.0 Å². The SMILES string of the molecule is Cc1ccc(-c2ccc(-c3ccccc3-c3cc(-c4ccccc4-c4ccc(-c5ccccn5)cc4)cc(-c4ccccc4-c4ccc(-c5ccccn5)cc4)c3)c(-c3ccc4c(ccc5ccccc54)c3)c2)nc1. The zero-order chi connectivity index (χ0) is 50.1. The van der Waals surface area contributed by atoms with E-state index in [9.17, 15) is 0 Å². The van der Waals surface area contributed by atoms with Gasteiger partial charge in [-0.25, -0.2) is 0 Å². The Morgan fingerprint density at radius 3 is 1.20 bits per heavy atom. The Balaban J connectivity index is 1.000. The molecule has 0 bridgehead atoms. The average molecular weight is 956 g/mol. The first-order valence-corrected chi connectivity index (χ1v) is 25.5. The van der Waals surface area contributed by atoms with Crippen molar-refractivity contribution in [3.05, 3.63) is 285 Å². The Morgan fingerprint density at radius 2 is 0.653 bits per heavy atom. The van der Waals surface area contributed by atoms with Gasteiger partial charge in [-0.2, -0.15) is 0 Å². The minimum absolute atomic E-state index is 0.945. The summed E-state index contributed by atoms with van der Waals surface area (Å²) in [6, 6.07) is 94.6. The monoisotopic (exact) mass is 955 g/mol. The van der Waals surface area contributed by atoms with Crippen LogP contribution in [-0.4, -0.2) is 15.0 Å². The van der Waals surface area contributed by atoms with E-state index >= 15 is 0 Å². The van der Waals surface area contributed by atoms with E-state index in [4.69, 9.17) is 4.98 Å². The van der Waals surface area contributed by atoms with Crippen LogP contribution in [0.15, 0.2) is 279 Å². The molecule has 13 rings (SSSR count). The van der Waals surface area contributed by atoms with Crippen molar-refractivity contribution in [2.45, 2.75) is 6.92 Å². The molecule has 13 aromatic rings. The molecule has 352 valence electrons. The van der Waals surface area contributed by atoms with Crippen LogP contribution in [0.5, 0.6) is 0 Å². The van der Waals surface area contributed by atoms with Gasteiger partial charge in [0.2, 0.25) is 0 Å². The van der Waals surface area contributed by atoms with Crippen LogP contribution >= 0.6 is 0 Å². The van der Waals surface area contributed by atoms with Crippen molar-refractivity contribution in [1.82, 2.24) is 15.0 Å².